The highest BCUT2D eigenvalue weighted by Gasteiger charge is 2.42. The second-order valence-corrected chi connectivity index (χ2v) is 24.8. The molecule has 1 fully saturated rings. The molecule has 0 spiro atoms. The van der Waals surface area contributed by atoms with Crippen LogP contribution in [0.4, 0.5) is 26.3 Å². The van der Waals surface area contributed by atoms with Crippen LogP contribution in [-0.2, 0) is 81.6 Å². The molecule has 34 nitrogen and oxygen atoms in total. The molecule has 0 radical (unpaired) electrons. The molecule has 24 N–H and O–H groups in total. The van der Waals surface area contributed by atoms with Crippen molar-refractivity contribution in [2.24, 2.45) is 50.1 Å². The Labute approximate surface area is 620 Å². The van der Waals surface area contributed by atoms with Gasteiger partial charge in [0.25, 0.3) is 0 Å². The van der Waals surface area contributed by atoms with Gasteiger partial charge in [0.2, 0.25) is 65.0 Å². The minimum absolute atomic E-state index is 0.00442. The van der Waals surface area contributed by atoms with E-state index in [-0.39, 0.29) is 101 Å². The largest absolute Gasteiger partial charge is 0.507 e. The van der Waals surface area contributed by atoms with Crippen molar-refractivity contribution in [1.29, 1.82) is 0 Å². The molecule has 0 saturated carbocycles. The molecule has 8 atom stereocenters. The first kappa shape index (κ1) is 89.5. The van der Waals surface area contributed by atoms with E-state index in [2.05, 4.69) is 47.2 Å². The van der Waals surface area contributed by atoms with Gasteiger partial charge in [0.15, 0.2) is 17.7 Å². The van der Waals surface area contributed by atoms with Gasteiger partial charge < -0.3 is 97.6 Å². The molecule has 0 aliphatic carbocycles. The highest BCUT2D eigenvalue weighted by molar-refractivity contribution is 14.1. The van der Waals surface area contributed by atoms with E-state index in [4.69, 9.17) is 59.9 Å². The molecule has 107 heavy (non-hydrogen) atoms. The molecule has 0 aromatic heterocycles. The molecule has 5 rings (SSSR count). The minimum atomic E-state index is -5.08. The Kier molecular flexibility index (Phi) is 36.4. The fourth-order valence-corrected chi connectivity index (χ4v) is 10.6. The number of carbonyl (C=O) groups is 14. The topological polar surface area (TPSA) is 594 Å². The molecule has 0 bridgehead atoms. The third-order valence-electron chi connectivity index (χ3n) is 15.2. The van der Waals surface area contributed by atoms with E-state index in [1.807, 2.05) is 22.6 Å². The van der Waals surface area contributed by atoms with E-state index >= 15 is 0 Å². The lowest BCUT2D eigenvalue weighted by atomic mass is 9.98. The molecule has 11 amide bonds. The van der Waals surface area contributed by atoms with Crippen LogP contribution >= 0.6 is 22.6 Å². The van der Waals surface area contributed by atoms with E-state index in [1.54, 1.807) is 97.1 Å². The summed E-state index contributed by atoms with van der Waals surface area (Å²) in [5.74, 6) is -16.2. The van der Waals surface area contributed by atoms with Gasteiger partial charge in [-0.3, -0.25) is 67.5 Å². The molecule has 582 valence electrons. The number of amides is 11. The number of likely N-dealkylation sites (tertiary alicyclic amines) is 1. The lowest BCUT2D eigenvalue weighted by Gasteiger charge is -2.31. The molecule has 1 saturated heterocycles. The summed E-state index contributed by atoms with van der Waals surface area (Å²) in [5.41, 5.74) is 41.4. The number of nitrogens with zero attached hydrogens (tertiary/aromatic N) is 3. The summed E-state index contributed by atoms with van der Waals surface area (Å²) < 4.78 is 63.9. The van der Waals surface area contributed by atoms with Gasteiger partial charge in [-0.2, -0.15) is 26.3 Å². The van der Waals surface area contributed by atoms with Gasteiger partial charge in [-0.05, 0) is 96.4 Å². The van der Waals surface area contributed by atoms with Crippen LogP contribution < -0.4 is 77.4 Å². The van der Waals surface area contributed by atoms with Gasteiger partial charge in [0.1, 0.15) is 54.1 Å². The second-order valence-electron chi connectivity index (χ2n) is 23.7. The fourth-order valence-electron chi connectivity index (χ4n) is 10.1. The molecule has 1 heterocycles. The summed E-state index contributed by atoms with van der Waals surface area (Å²) in [7, 11) is 0. The lowest BCUT2D eigenvalue weighted by molar-refractivity contribution is -0.193. The zero-order valence-corrected chi connectivity index (χ0v) is 59.3. The SMILES string of the molecule is CC(=O)N[C@H](Cc1ccc(C(=O)c2ccccc2)cc1)C(=O)N[C@@H](Cc1ccccc1)C(=O)N[C@@H](CCC(N)=O)C(=O)N[C@@H](CC(N)=O)C(=O)N[C@@H](CCCN=C(N)N)C(=O)N1CCC[C@H]1C(=O)N[C@@H](CCCN=C(N)N)C(=O)N[C@@H](Cc1ccc(O)c(I)c1)C(N)=O.O=C(O)C(F)(F)F.O=C(O)C(F)(F)F. The molecule has 41 heteroatoms. The number of aromatic hydroxyl groups is 1. The van der Waals surface area contributed by atoms with Crippen molar-refractivity contribution in [3.63, 3.8) is 0 Å². The van der Waals surface area contributed by atoms with Crippen molar-refractivity contribution >= 4 is 117 Å². The van der Waals surface area contributed by atoms with Crippen LogP contribution in [-0.4, -0.2) is 195 Å². The average molecular weight is 1630 g/mol. The van der Waals surface area contributed by atoms with Gasteiger partial charge in [-0.15, -0.1) is 0 Å². The van der Waals surface area contributed by atoms with Crippen molar-refractivity contribution in [3.05, 3.63) is 135 Å². The van der Waals surface area contributed by atoms with Crippen LogP contribution in [0.25, 0.3) is 0 Å². The molecule has 4 aromatic rings. The Morgan fingerprint density at radius 2 is 0.925 bits per heavy atom. The standard InChI is InChI=1S/C62H80IN17O13.2C2HF3O2/c1-34(81)73-45(31-36-18-21-39(22-19-36)52(85)38-13-6-3-7-14-38)56(89)78-46(30-35-11-4-2-5-12-35)57(90)74-42(23-25-50(64)83)55(88)79-47(33-51(65)84)58(91)76-43(16-9-27-72-62(69)70)60(93)80-28-10-17-48(80)59(92)75-41(15-8-26-71-61(67)68)54(87)77-44(53(66)86)32-37-20-24-49(82)40(63)29-37;2*3-2(4,5)1(6)7/h2-7,11-14,18-22,24,29,41-48,82H,8-10,15-17,23,25-28,30-33H2,1H3,(H2,64,83)(H2,65,84)(H2,66,86)(H,73,81)(H,74,90)(H,75,92)(H,76,91)(H,77,87)(H,78,89)(H,79,88)(H4,67,68,71)(H4,69,70,72);2*(H,6,7)/t41-,42-,43-,44-,45+,46-,47-,48-;;/m0../s1. The molecular formula is C66H82F6IN17O17. The number of benzene rings is 4. The van der Waals surface area contributed by atoms with Crippen LogP contribution in [0.3, 0.4) is 0 Å². The summed E-state index contributed by atoms with van der Waals surface area (Å²) in [6.45, 7) is 1.16. The van der Waals surface area contributed by atoms with Crippen LogP contribution in [0.5, 0.6) is 5.75 Å². The predicted molar refractivity (Wildman–Crippen MR) is 377 cm³/mol. The summed E-state index contributed by atoms with van der Waals surface area (Å²) in [6.07, 6.45) is -12.1. The summed E-state index contributed by atoms with van der Waals surface area (Å²) >= 11 is 1.90. The van der Waals surface area contributed by atoms with Crippen molar-refractivity contribution in [2.45, 2.75) is 145 Å². The number of halogens is 7. The predicted octanol–water partition coefficient (Wildman–Crippen LogP) is -1.34. The maximum absolute atomic E-state index is 14.8. The number of nitrogens with one attached hydrogen (secondary N) is 7. The third-order valence-corrected chi connectivity index (χ3v) is 16.1. The maximum Gasteiger partial charge on any atom is 0.490 e. The number of nitrogens with two attached hydrogens (primary N) is 7. The number of carboxylic acids is 2. The first-order valence-corrected chi connectivity index (χ1v) is 33.3. The van der Waals surface area contributed by atoms with Crippen LogP contribution in [0.1, 0.15) is 97.3 Å². The number of alkyl halides is 6. The Bertz CT molecular complexity index is 3830. The highest BCUT2D eigenvalue weighted by Crippen LogP contribution is 2.24. The smallest absolute Gasteiger partial charge is 0.490 e. The normalized spacial score (nSPS) is 14.3. The number of carbonyl (C=O) groups excluding carboxylic acids is 12. The van der Waals surface area contributed by atoms with E-state index in [0.717, 1.165) is 0 Å². The van der Waals surface area contributed by atoms with Crippen molar-refractivity contribution < 1.29 is 109 Å². The lowest BCUT2D eigenvalue weighted by Crippen LogP contribution is -2.60. The summed E-state index contributed by atoms with van der Waals surface area (Å²) in [4.78, 5) is 191. The number of primary amides is 3. The maximum atomic E-state index is 14.8. The van der Waals surface area contributed by atoms with Gasteiger partial charge in [0, 0.05) is 63.4 Å². The number of guanidine groups is 2. The third kappa shape index (κ3) is 32.9. The Morgan fingerprint density at radius 1 is 0.514 bits per heavy atom. The monoisotopic (exact) mass is 1630 g/mol. The number of carboxylic acid groups (broad SMARTS) is 2. The summed E-state index contributed by atoms with van der Waals surface area (Å²) in [6, 6.07) is 16.3. The number of rotatable bonds is 36. The number of phenolic OH excluding ortho intramolecular Hbond substituents is 1. The first-order chi connectivity index (χ1) is 50.1. The van der Waals surface area contributed by atoms with Gasteiger partial charge in [0.05, 0.1) is 9.99 Å². The van der Waals surface area contributed by atoms with Gasteiger partial charge in [-0.25, -0.2) is 9.59 Å². The van der Waals surface area contributed by atoms with Gasteiger partial charge in [-0.1, -0.05) is 91.0 Å². The molecular weight excluding hydrogens is 1540 g/mol. The molecule has 1 aliphatic heterocycles. The quantitative estimate of drug-likeness (QED) is 0.00626. The van der Waals surface area contributed by atoms with Crippen LogP contribution in [0.15, 0.2) is 113 Å². The number of phenols is 1. The minimum Gasteiger partial charge on any atom is -0.507 e. The van der Waals surface area contributed by atoms with Crippen molar-refractivity contribution in [1.82, 2.24) is 42.1 Å². The first-order valence-electron chi connectivity index (χ1n) is 32.2. The molecule has 1 aliphatic rings. The summed E-state index contributed by atoms with van der Waals surface area (Å²) in [5, 5.41) is 42.3. The Hall–Kier alpha value is -11.7. The zero-order valence-electron chi connectivity index (χ0n) is 57.1. The van der Waals surface area contributed by atoms with E-state index in [9.17, 15) is 89.0 Å². The molecule has 4 aromatic carbocycles. The van der Waals surface area contributed by atoms with Gasteiger partial charge >= 0.3 is 24.3 Å². The van der Waals surface area contributed by atoms with Crippen LogP contribution in [0.2, 0.25) is 0 Å². The number of ketones is 1. The average Bonchev–Trinajstić information content (AvgIpc) is 1.76. The van der Waals surface area contributed by atoms with E-state index in [0.29, 0.717) is 31.4 Å². The number of hydrogen-bond donors (Lipinski definition) is 17. The molecule has 0 unspecified atom stereocenters. The second kappa shape index (κ2) is 43.6. The van der Waals surface area contributed by atoms with Crippen LogP contribution in [0, 0.1) is 3.57 Å². The zero-order chi connectivity index (χ0) is 80.5. The Balaban J connectivity index is 0.00000192. The van der Waals surface area contributed by atoms with E-state index < -0.39 is 157 Å². The van der Waals surface area contributed by atoms with Crippen molar-refractivity contribution in [2.75, 3.05) is 19.6 Å². The number of hydrogen-bond acceptors (Lipinski definition) is 17. The van der Waals surface area contributed by atoms with E-state index in [1.165, 1.54) is 17.9 Å². The van der Waals surface area contributed by atoms with Crippen molar-refractivity contribution in [3.8, 4) is 5.75 Å². The highest BCUT2D eigenvalue weighted by atomic mass is 127. The number of aliphatic imine (C=N–C) groups is 2. The Morgan fingerprint density at radius 3 is 1.40 bits per heavy atom. The number of aliphatic carboxylic acids is 2. The fraction of sp³-hybridized carbons (Fsp3) is 0.394.